The molecule has 3 aromatic rings. The summed E-state index contributed by atoms with van der Waals surface area (Å²) in [5.41, 5.74) is 0.815. The quantitative estimate of drug-likeness (QED) is 0.689. The molecule has 5 heteroatoms. The lowest BCUT2D eigenvalue weighted by molar-refractivity contribution is -0.500. The van der Waals surface area contributed by atoms with Gasteiger partial charge in [-0.15, -0.1) is 0 Å². The van der Waals surface area contributed by atoms with Crippen molar-refractivity contribution in [1.82, 2.24) is 0 Å². The van der Waals surface area contributed by atoms with Crippen LogP contribution in [0.25, 0.3) is 0 Å². The van der Waals surface area contributed by atoms with E-state index in [0.717, 1.165) is 11.1 Å². The Labute approximate surface area is 162 Å². The summed E-state index contributed by atoms with van der Waals surface area (Å²) in [7, 11) is 0. The molecule has 2 unspecified atom stereocenters. The highest BCUT2D eigenvalue weighted by atomic mass is 19.1. The van der Waals surface area contributed by atoms with Gasteiger partial charge in [-0.25, -0.2) is 9.28 Å². The number of halogens is 1. The minimum atomic E-state index is -2.00. The minimum absolute atomic E-state index is 0.158. The van der Waals surface area contributed by atoms with Gasteiger partial charge in [-0.05, 0) is 23.3 Å². The van der Waals surface area contributed by atoms with Crippen LogP contribution in [0.5, 0.6) is 0 Å². The lowest BCUT2D eigenvalue weighted by Gasteiger charge is -2.45. The zero-order valence-electron chi connectivity index (χ0n) is 15.0. The molecule has 1 aliphatic rings. The molecule has 0 bridgehead atoms. The van der Waals surface area contributed by atoms with Crippen molar-refractivity contribution in [3.8, 4) is 6.07 Å². The van der Waals surface area contributed by atoms with E-state index in [9.17, 15) is 14.8 Å². The van der Waals surface area contributed by atoms with Crippen LogP contribution in [0.15, 0.2) is 84.9 Å². The fourth-order valence-electron chi connectivity index (χ4n) is 3.64. The van der Waals surface area contributed by atoms with Crippen LogP contribution in [-0.2, 0) is 21.2 Å². The third-order valence-electron chi connectivity index (χ3n) is 5.17. The third-order valence-corrected chi connectivity index (χ3v) is 5.17. The second-order valence-electron chi connectivity index (χ2n) is 6.81. The molecule has 1 aliphatic heterocycles. The van der Waals surface area contributed by atoms with E-state index in [1.807, 2.05) is 60.7 Å². The van der Waals surface area contributed by atoms with E-state index in [-0.39, 0.29) is 12.0 Å². The van der Waals surface area contributed by atoms with E-state index in [0.29, 0.717) is 0 Å². The van der Waals surface area contributed by atoms with Gasteiger partial charge >= 0.3 is 0 Å². The molecule has 0 aromatic heterocycles. The maximum absolute atomic E-state index is 13.3. The summed E-state index contributed by atoms with van der Waals surface area (Å²) in [4.78, 5) is 11.4. The third kappa shape index (κ3) is 2.98. The molecule has 1 fully saturated rings. The van der Waals surface area contributed by atoms with Crippen molar-refractivity contribution in [1.29, 1.82) is 5.26 Å². The predicted molar refractivity (Wildman–Crippen MR) is 99.9 cm³/mol. The molecular weight excluding hydrogens is 357 g/mol. The number of hydrogen-bond acceptors (Lipinski definition) is 4. The molecule has 3 aromatic carbocycles. The Kier molecular flexibility index (Phi) is 4.70. The van der Waals surface area contributed by atoms with Gasteiger partial charge in [0, 0.05) is 12.0 Å². The molecule has 4 nitrogen and oxygen atoms in total. The monoisotopic (exact) mass is 375 g/mol. The van der Waals surface area contributed by atoms with E-state index >= 15 is 0 Å². The predicted octanol–water partition coefficient (Wildman–Crippen LogP) is 4.41. The lowest BCUT2D eigenvalue weighted by atomic mass is 9.75. The maximum Gasteiger partial charge on any atom is 0.241 e. The summed E-state index contributed by atoms with van der Waals surface area (Å²) >= 11 is 0. The second kappa shape index (κ2) is 7.17. The molecule has 1 N–H and O–H groups in total. The van der Waals surface area contributed by atoms with Crippen LogP contribution in [0.4, 0.5) is 4.39 Å². The average Bonchev–Trinajstić information content (AvgIpc) is 2.76. The Morgan fingerprint density at radius 1 is 0.821 bits per heavy atom. The van der Waals surface area contributed by atoms with Gasteiger partial charge in [0.05, 0.1) is 6.07 Å². The van der Waals surface area contributed by atoms with E-state index in [1.165, 1.54) is 24.3 Å². The summed E-state index contributed by atoms with van der Waals surface area (Å²) in [5, 5.41) is 21.0. The first-order valence-electron chi connectivity index (χ1n) is 8.94. The maximum atomic E-state index is 13.3. The number of nitrogens with zero attached hydrogens (tertiary/aromatic N) is 1. The molecule has 0 aliphatic carbocycles. The molecule has 0 amide bonds. The molecule has 1 saturated heterocycles. The first-order chi connectivity index (χ1) is 13.6. The highest BCUT2D eigenvalue weighted by molar-refractivity contribution is 5.38. The molecule has 4 rings (SSSR count). The first kappa shape index (κ1) is 18.3. The van der Waals surface area contributed by atoms with Crippen molar-refractivity contribution in [3.63, 3.8) is 0 Å². The fourth-order valence-corrected chi connectivity index (χ4v) is 3.64. The highest BCUT2D eigenvalue weighted by Crippen LogP contribution is 2.50. The van der Waals surface area contributed by atoms with Gasteiger partial charge in [-0.3, -0.25) is 0 Å². The molecule has 0 saturated carbocycles. The molecular formula is C23H18FNO3. The molecule has 140 valence electrons. The highest BCUT2D eigenvalue weighted by Gasteiger charge is 2.54. The standard InChI is InChI=1S/C23H18FNO3/c24-21-13-11-19(12-14-21)23(26)20(16-25)15-22(27-28-23,17-7-3-1-4-8-17)18-9-5-2-6-10-18/h1-14,20,26H,15H2. The van der Waals surface area contributed by atoms with Crippen molar-refractivity contribution in [2.24, 2.45) is 5.92 Å². The largest absolute Gasteiger partial charge is 0.359 e. The van der Waals surface area contributed by atoms with Crippen LogP contribution in [0, 0.1) is 23.1 Å². The van der Waals surface area contributed by atoms with Gasteiger partial charge in [0.2, 0.25) is 5.79 Å². The summed E-state index contributed by atoms with van der Waals surface area (Å²) < 4.78 is 13.3. The molecule has 1 heterocycles. The normalized spacial score (nSPS) is 23.7. The first-order valence-corrected chi connectivity index (χ1v) is 8.94. The van der Waals surface area contributed by atoms with Gasteiger partial charge in [0.25, 0.3) is 0 Å². The molecule has 0 radical (unpaired) electrons. The number of nitriles is 1. The Morgan fingerprint density at radius 2 is 1.36 bits per heavy atom. The molecule has 2 atom stereocenters. The Balaban J connectivity index is 1.80. The Bertz CT molecular complexity index is 946. The van der Waals surface area contributed by atoms with Crippen LogP contribution in [0.3, 0.4) is 0 Å². The van der Waals surface area contributed by atoms with Gasteiger partial charge in [0.1, 0.15) is 11.7 Å². The summed E-state index contributed by atoms with van der Waals surface area (Å²) in [5.74, 6) is -3.40. The van der Waals surface area contributed by atoms with Gasteiger partial charge < -0.3 is 5.11 Å². The SMILES string of the molecule is N#CC1CC(c2ccccc2)(c2ccccc2)OOC1(O)c1ccc(F)cc1. The Hall–Kier alpha value is -3.04. The Morgan fingerprint density at radius 3 is 1.86 bits per heavy atom. The molecule has 28 heavy (non-hydrogen) atoms. The van der Waals surface area contributed by atoms with Gasteiger partial charge in [-0.2, -0.15) is 10.1 Å². The van der Waals surface area contributed by atoms with E-state index in [1.54, 1.807) is 0 Å². The fraction of sp³-hybridized carbons (Fsp3) is 0.174. The number of aliphatic hydroxyl groups is 1. The number of benzene rings is 3. The van der Waals surface area contributed by atoms with Crippen LogP contribution in [-0.4, -0.2) is 5.11 Å². The van der Waals surface area contributed by atoms with Crippen molar-refractivity contribution < 1.29 is 19.3 Å². The van der Waals surface area contributed by atoms with E-state index in [2.05, 4.69) is 6.07 Å². The average molecular weight is 375 g/mol. The van der Waals surface area contributed by atoms with E-state index in [4.69, 9.17) is 9.78 Å². The zero-order chi connectivity index (χ0) is 19.6. The second-order valence-corrected chi connectivity index (χ2v) is 6.81. The van der Waals surface area contributed by atoms with Crippen molar-refractivity contribution in [3.05, 3.63) is 107 Å². The van der Waals surface area contributed by atoms with Gasteiger partial charge in [-0.1, -0.05) is 72.8 Å². The lowest BCUT2D eigenvalue weighted by Crippen LogP contribution is -2.50. The topological polar surface area (TPSA) is 62.5 Å². The van der Waals surface area contributed by atoms with Crippen molar-refractivity contribution in [2.45, 2.75) is 17.8 Å². The van der Waals surface area contributed by atoms with Crippen LogP contribution >= 0.6 is 0 Å². The molecule has 0 spiro atoms. The van der Waals surface area contributed by atoms with Crippen molar-refractivity contribution in [2.75, 3.05) is 0 Å². The summed E-state index contributed by atoms with van der Waals surface area (Å²) in [6, 6.07) is 26.2. The summed E-state index contributed by atoms with van der Waals surface area (Å²) in [6.45, 7) is 0. The zero-order valence-corrected chi connectivity index (χ0v) is 15.0. The smallest absolute Gasteiger partial charge is 0.241 e. The van der Waals surface area contributed by atoms with Crippen LogP contribution in [0.2, 0.25) is 0 Å². The van der Waals surface area contributed by atoms with Crippen LogP contribution in [0.1, 0.15) is 23.1 Å². The number of hydrogen-bond donors (Lipinski definition) is 1. The number of rotatable bonds is 3. The summed E-state index contributed by atoms with van der Waals surface area (Å²) in [6.07, 6.45) is 0.158. The minimum Gasteiger partial charge on any atom is -0.359 e. The van der Waals surface area contributed by atoms with Crippen LogP contribution < -0.4 is 0 Å². The van der Waals surface area contributed by atoms with Crippen molar-refractivity contribution >= 4 is 0 Å². The van der Waals surface area contributed by atoms with E-state index < -0.39 is 23.1 Å². The van der Waals surface area contributed by atoms with Gasteiger partial charge in [0.15, 0.2) is 5.60 Å².